The van der Waals surface area contributed by atoms with Crippen LogP contribution in [0.15, 0.2) is 58.1 Å². The minimum absolute atomic E-state index is 0.116. The van der Waals surface area contributed by atoms with Crippen LogP contribution in [-0.4, -0.2) is 37.5 Å². The largest absolute Gasteiger partial charge is 0.497 e. The average molecular weight is 394 g/mol. The van der Waals surface area contributed by atoms with Crippen molar-refractivity contribution in [1.82, 2.24) is 30.4 Å². The summed E-state index contributed by atoms with van der Waals surface area (Å²) >= 11 is 1.45. The average Bonchev–Trinajstić information content (AvgIpc) is 3.39. The molecule has 4 rings (SSSR count). The van der Waals surface area contributed by atoms with Crippen molar-refractivity contribution >= 4 is 11.8 Å². The van der Waals surface area contributed by atoms with Crippen LogP contribution in [0.25, 0.3) is 17.1 Å². The molecule has 0 N–H and O–H groups in total. The highest BCUT2D eigenvalue weighted by atomic mass is 32.2. The van der Waals surface area contributed by atoms with Crippen LogP contribution in [0.4, 0.5) is 0 Å². The molecule has 0 aliphatic rings. The minimum Gasteiger partial charge on any atom is -0.497 e. The van der Waals surface area contributed by atoms with Crippen molar-refractivity contribution in [2.45, 2.75) is 24.3 Å². The Labute approximate surface area is 165 Å². The molecule has 0 aliphatic heterocycles. The van der Waals surface area contributed by atoms with E-state index in [1.54, 1.807) is 11.8 Å². The zero-order valence-electron chi connectivity index (χ0n) is 15.6. The first-order chi connectivity index (χ1) is 13.6. The lowest BCUT2D eigenvalue weighted by Crippen LogP contribution is -2.00. The summed E-state index contributed by atoms with van der Waals surface area (Å²) in [5.41, 5.74) is 2.91. The van der Waals surface area contributed by atoms with Gasteiger partial charge in [-0.1, -0.05) is 29.5 Å². The quantitative estimate of drug-likeness (QED) is 0.455. The van der Waals surface area contributed by atoms with Crippen LogP contribution in [0.2, 0.25) is 0 Å². The Morgan fingerprint density at radius 2 is 1.75 bits per heavy atom. The second-order valence-corrected chi connectivity index (χ2v) is 7.45. The highest BCUT2D eigenvalue weighted by molar-refractivity contribution is 7.99. The number of tetrazole rings is 1. The molecule has 2 aromatic carbocycles. The molecule has 9 heteroatoms. The third-order valence-corrected chi connectivity index (χ3v) is 5.15. The molecule has 28 heavy (non-hydrogen) atoms. The summed E-state index contributed by atoms with van der Waals surface area (Å²) in [4.78, 5) is 0. The number of hydrogen-bond acceptors (Lipinski definition) is 8. The first-order valence-corrected chi connectivity index (χ1v) is 9.52. The first-order valence-electron chi connectivity index (χ1n) is 8.64. The van der Waals surface area contributed by atoms with Crippen molar-refractivity contribution in [3.05, 3.63) is 60.0 Å². The number of rotatable bonds is 6. The van der Waals surface area contributed by atoms with Crippen molar-refractivity contribution in [2.75, 3.05) is 7.11 Å². The molecule has 0 amide bonds. The van der Waals surface area contributed by atoms with E-state index in [0.29, 0.717) is 16.9 Å². The van der Waals surface area contributed by atoms with Crippen LogP contribution in [0, 0.1) is 6.92 Å². The molecule has 0 unspecified atom stereocenters. The van der Waals surface area contributed by atoms with Gasteiger partial charge in [0.2, 0.25) is 16.9 Å². The van der Waals surface area contributed by atoms with Crippen molar-refractivity contribution in [2.24, 2.45) is 0 Å². The van der Waals surface area contributed by atoms with Gasteiger partial charge in [-0.15, -0.1) is 15.3 Å². The molecule has 0 radical (unpaired) electrons. The molecular weight excluding hydrogens is 376 g/mol. The summed E-state index contributed by atoms with van der Waals surface area (Å²) in [6, 6.07) is 15.5. The molecule has 2 heterocycles. The van der Waals surface area contributed by atoms with E-state index in [-0.39, 0.29) is 5.25 Å². The molecule has 4 aromatic rings. The molecule has 0 bridgehead atoms. The first kappa shape index (κ1) is 18.2. The van der Waals surface area contributed by atoms with Gasteiger partial charge in [0, 0.05) is 5.56 Å². The van der Waals surface area contributed by atoms with Crippen LogP contribution in [0.1, 0.15) is 23.6 Å². The fourth-order valence-electron chi connectivity index (χ4n) is 2.56. The number of benzene rings is 2. The Hall–Kier alpha value is -3.20. The Balaban J connectivity index is 1.52. The van der Waals surface area contributed by atoms with Crippen LogP contribution in [0.5, 0.6) is 5.75 Å². The summed E-state index contributed by atoms with van der Waals surface area (Å²) in [5.74, 6) is 1.74. The minimum atomic E-state index is -0.116. The summed E-state index contributed by atoms with van der Waals surface area (Å²) in [6.45, 7) is 4.02. The summed E-state index contributed by atoms with van der Waals surface area (Å²) in [6.07, 6.45) is 0. The van der Waals surface area contributed by atoms with E-state index in [1.807, 2.05) is 62.4 Å². The second-order valence-electron chi connectivity index (χ2n) is 6.14. The predicted molar refractivity (Wildman–Crippen MR) is 104 cm³/mol. The van der Waals surface area contributed by atoms with E-state index in [2.05, 4.69) is 25.7 Å². The lowest BCUT2D eigenvalue weighted by Gasteiger charge is -2.07. The zero-order valence-corrected chi connectivity index (χ0v) is 16.4. The number of methoxy groups -OCH3 is 1. The van der Waals surface area contributed by atoms with Crippen molar-refractivity contribution < 1.29 is 9.15 Å². The molecule has 2 aromatic heterocycles. The van der Waals surface area contributed by atoms with Crippen molar-refractivity contribution in [3.8, 4) is 22.9 Å². The fraction of sp³-hybridized carbons (Fsp3) is 0.211. The van der Waals surface area contributed by atoms with Gasteiger partial charge in [0.1, 0.15) is 5.75 Å². The number of nitrogens with zero attached hydrogens (tertiary/aromatic N) is 6. The van der Waals surface area contributed by atoms with Crippen LogP contribution >= 0.6 is 11.8 Å². The van der Waals surface area contributed by atoms with Gasteiger partial charge in [0.15, 0.2) is 0 Å². The van der Waals surface area contributed by atoms with Gasteiger partial charge in [-0.2, -0.15) is 4.68 Å². The van der Waals surface area contributed by atoms with Gasteiger partial charge >= 0.3 is 0 Å². The van der Waals surface area contributed by atoms with E-state index < -0.39 is 0 Å². The van der Waals surface area contributed by atoms with E-state index >= 15 is 0 Å². The maximum absolute atomic E-state index is 5.85. The van der Waals surface area contributed by atoms with Crippen molar-refractivity contribution in [3.63, 3.8) is 0 Å². The van der Waals surface area contributed by atoms with E-state index in [1.165, 1.54) is 17.3 Å². The number of aryl methyl sites for hydroxylation is 1. The molecule has 8 nitrogen and oxygen atoms in total. The Morgan fingerprint density at radius 1 is 1.00 bits per heavy atom. The van der Waals surface area contributed by atoms with Crippen LogP contribution in [0.3, 0.4) is 0 Å². The SMILES string of the molecule is COc1ccc(-c2nnc([C@H](C)Sc3nnnn3-c3ccc(C)cc3)o2)cc1. The third-order valence-electron chi connectivity index (χ3n) is 4.13. The summed E-state index contributed by atoms with van der Waals surface area (Å²) < 4.78 is 12.7. The topological polar surface area (TPSA) is 91.8 Å². The fourth-order valence-corrected chi connectivity index (χ4v) is 3.40. The number of thioether (sulfide) groups is 1. The van der Waals surface area contributed by atoms with Crippen LogP contribution < -0.4 is 4.74 Å². The number of hydrogen-bond donors (Lipinski definition) is 0. The monoisotopic (exact) mass is 394 g/mol. The molecular formula is C19H18N6O2S. The van der Waals surface area contributed by atoms with E-state index in [9.17, 15) is 0 Å². The molecule has 0 aliphatic carbocycles. The van der Waals surface area contributed by atoms with Gasteiger partial charge in [-0.25, -0.2) is 0 Å². The number of aromatic nitrogens is 6. The Bertz CT molecular complexity index is 1060. The van der Waals surface area contributed by atoms with E-state index in [4.69, 9.17) is 9.15 Å². The highest BCUT2D eigenvalue weighted by Crippen LogP contribution is 2.34. The van der Waals surface area contributed by atoms with Gasteiger partial charge in [0.25, 0.3) is 0 Å². The van der Waals surface area contributed by atoms with Gasteiger partial charge < -0.3 is 9.15 Å². The molecule has 0 spiro atoms. The lowest BCUT2D eigenvalue weighted by molar-refractivity contribution is 0.415. The summed E-state index contributed by atoms with van der Waals surface area (Å²) in [5, 5.41) is 20.9. The highest BCUT2D eigenvalue weighted by Gasteiger charge is 2.20. The maximum Gasteiger partial charge on any atom is 0.247 e. The molecule has 0 saturated carbocycles. The van der Waals surface area contributed by atoms with Crippen molar-refractivity contribution in [1.29, 1.82) is 0 Å². The standard InChI is InChI=1S/C19H18N6O2S/c1-12-4-8-15(9-5-12)25-19(22-23-24-25)28-13(2)17-20-21-18(27-17)14-6-10-16(26-3)11-7-14/h4-11,13H,1-3H3/t13-/m0/s1. The zero-order chi connectivity index (χ0) is 19.5. The molecule has 1 atom stereocenters. The van der Waals surface area contributed by atoms with Gasteiger partial charge in [-0.3, -0.25) is 0 Å². The van der Waals surface area contributed by atoms with Gasteiger partial charge in [-0.05, 0) is 60.7 Å². The predicted octanol–water partition coefficient (Wildman–Crippen LogP) is 3.88. The maximum atomic E-state index is 5.85. The Kier molecular flexibility index (Phi) is 5.07. The Morgan fingerprint density at radius 3 is 2.46 bits per heavy atom. The second kappa shape index (κ2) is 7.81. The normalized spacial score (nSPS) is 12.1. The molecule has 0 saturated heterocycles. The number of ether oxygens (including phenoxy) is 1. The third kappa shape index (κ3) is 3.74. The van der Waals surface area contributed by atoms with Crippen LogP contribution in [-0.2, 0) is 0 Å². The molecule has 142 valence electrons. The molecule has 0 fully saturated rings. The summed E-state index contributed by atoms with van der Waals surface area (Å²) in [7, 11) is 1.63. The van der Waals surface area contributed by atoms with E-state index in [0.717, 1.165) is 17.0 Å². The lowest BCUT2D eigenvalue weighted by atomic mass is 10.2. The van der Waals surface area contributed by atoms with Gasteiger partial charge in [0.05, 0.1) is 18.0 Å². The smallest absolute Gasteiger partial charge is 0.247 e.